The van der Waals surface area contributed by atoms with Crippen LogP contribution in [0.5, 0.6) is 0 Å². The van der Waals surface area contributed by atoms with Gasteiger partial charge in [-0.1, -0.05) is 0 Å². The highest BCUT2D eigenvalue weighted by Gasteiger charge is 2.02. The number of rotatable bonds is 18. The lowest BCUT2D eigenvalue weighted by atomic mass is 10.5. The van der Waals surface area contributed by atoms with Crippen molar-refractivity contribution in [3.63, 3.8) is 0 Å². The first kappa shape index (κ1) is 33.4. The smallest absolute Gasteiger partial charge is 0.315 e. The van der Waals surface area contributed by atoms with Crippen molar-refractivity contribution in [1.82, 2.24) is 0 Å². The van der Waals surface area contributed by atoms with E-state index >= 15 is 0 Å². The minimum Gasteiger partial charge on any atom is -0.463 e. The second kappa shape index (κ2) is 26.5. The maximum atomic E-state index is 10.9. The second-order valence-corrected chi connectivity index (χ2v) is 6.90. The standard InChI is InChI=1S/C10H18O5S2.C8H14O5S2/c11-9(1-7-16)14-5-3-13-4-6-15-10(12)2-8-17;9-7(5-14)12-3-1-11-2-4-13-8(10)6-15/h16-17H,1-8H2;14-15H,1-6H2. The Morgan fingerprint density at radius 3 is 0.969 bits per heavy atom. The minimum atomic E-state index is -0.386. The van der Waals surface area contributed by atoms with Crippen molar-refractivity contribution in [2.24, 2.45) is 0 Å². The summed E-state index contributed by atoms with van der Waals surface area (Å²) in [7, 11) is 0. The van der Waals surface area contributed by atoms with Crippen LogP contribution < -0.4 is 0 Å². The number of hydrogen-bond donors (Lipinski definition) is 4. The molecule has 32 heavy (non-hydrogen) atoms. The number of thiol groups is 4. The average Bonchev–Trinajstić information content (AvgIpc) is 2.78. The van der Waals surface area contributed by atoms with Gasteiger partial charge in [0.15, 0.2) is 0 Å². The highest BCUT2D eigenvalue weighted by molar-refractivity contribution is 7.81. The van der Waals surface area contributed by atoms with E-state index in [1.807, 2.05) is 0 Å². The second-order valence-electron chi connectivity index (χ2n) is 5.37. The van der Waals surface area contributed by atoms with Crippen LogP contribution in [0.3, 0.4) is 0 Å². The predicted octanol–water partition coefficient (Wildman–Crippen LogP) is 0.678. The van der Waals surface area contributed by atoms with Crippen molar-refractivity contribution < 1.29 is 47.6 Å². The summed E-state index contributed by atoms with van der Waals surface area (Å²) in [6, 6.07) is 0. The van der Waals surface area contributed by atoms with Crippen molar-refractivity contribution in [2.45, 2.75) is 12.8 Å². The summed E-state index contributed by atoms with van der Waals surface area (Å²) in [6.45, 7) is 1.91. The maximum absolute atomic E-state index is 10.9. The first-order valence-electron chi connectivity index (χ1n) is 9.62. The summed E-state index contributed by atoms with van der Waals surface area (Å²) in [5.74, 6) is -0.291. The summed E-state index contributed by atoms with van der Waals surface area (Å²) in [4.78, 5) is 43.0. The molecule has 0 atom stereocenters. The third kappa shape index (κ3) is 27.2. The summed E-state index contributed by atoms with van der Waals surface area (Å²) >= 11 is 15.3. The van der Waals surface area contributed by atoms with E-state index in [1.165, 1.54) is 0 Å². The molecular weight excluding hydrogens is 504 g/mol. The maximum Gasteiger partial charge on any atom is 0.315 e. The first-order valence-corrected chi connectivity index (χ1v) is 12.2. The molecule has 0 saturated heterocycles. The first-order chi connectivity index (χ1) is 15.4. The molecule has 0 saturated carbocycles. The Morgan fingerprint density at radius 1 is 0.438 bits per heavy atom. The molecule has 0 radical (unpaired) electrons. The van der Waals surface area contributed by atoms with Crippen LogP contribution in [-0.2, 0) is 47.6 Å². The molecular formula is C18H32O10S4. The molecule has 0 aromatic carbocycles. The van der Waals surface area contributed by atoms with Gasteiger partial charge in [0, 0.05) is 11.5 Å². The van der Waals surface area contributed by atoms with Crippen molar-refractivity contribution in [3.05, 3.63) is 0 Å². The van der Waals surface area contributed by atoms with Gasteiger partial charge in [0.1, 0.15) is 26.4 Å². The molecule has 188 valence electrons. The molecule has 0 amide bonds. The summed E-state index contributed by atoms with van der Waals surface area (Å²) in [6.07, 6.45) is 0.592. The lowest BCUT2D eigenvalue weighted by molar-refractivity contribution is -0.147. The number of carbonyl (C=O) groups excluding carboxylic acids is 4. The van der Waals surface area contributed by atoms with Gasteiger partial charge in [0.05, 0.1) is 50.8 Å². The fourth-order valence-corrected chi connectivity index (χ4v) is 2.03. The van der Waals surface area contributed by atoms with E-state index in [2.05, 4.69) is 60.0 Å². The summed E-state index contributed by atoms with van der Waals surface area (Å²) in [5, 5.41) is 0. The van der Waals surface area contributed by atoms with Gasteiger partial charge >= 0.3 is 23.9 Å². The topological polar surface area (TPSA) is 124 Å². The van der Waals surface area contributed by atoms with E-state index in [0.29, 0.717) is 37.6 Å². The molecule has 0 aromatic rings. The van der Waals surface area contributed by atoms with Gasteiger partial charge in [-0.15, -0.1) is 0 Å². The van der Waals surface area contributed by atoms with Gasteiger partial charge < -0.3 is 28.4 Å². The lowest BCUT2D eigenvalue weighted by Gasteiger charge is -2.06. The van der Waals surface area contributed by atoms with Crippen LogP contribution in [0.2, 0.25) is 0 Å². The lowest BCUT2D eigenvalue weighted by Crippen LogP contribution is -2.15. The highest BCUT2D eigenvalue weighted by Crippen LogP contribution is 1.91. The fourth-order valence-electron chi connectivity index (χ4n) is 1.48. The molecule has 0 heterocycles. The summed E-state index contributed by atoms with van der Waals surface area (Å²) in [5.41, 5.74) is 0. The molecule has 14 heteroatoms. The predicted molar refractivity (Wildman–Crippen MR) is 130 cm³/mol. The van der Waals surface area contributed by atoms with Crippen LogP contribution in [-0.4, -0.2) is 99.7 Å². The van der Waals surface area contributed by atoms with Crippen LogP contribution in [0.25, 0.3) is 0 Å². The molecule has 0 aromatic heterocycles. The van der Waals surface area contributed by atoms with Crippen molar-refractivity contribution in [1.29, 1.82) is 0 Å². The Balaban J connectivity index is 0. The third-order valence-corrected chi connectivity index (χ3v) is 3.82. The van der Waals surface area contributed by atoms with Crippen molar-refractivity contribution in [2.75, 3.05) is 75.9 Å². The average molecular weight is 537 g/mol. The molecule has 0 unspecified atom stereocenters. The normalized spacial score (nSPS) is 9.88. The van der Waals surface area contributed by atoms with E-state index < -0.39 is 0 Å². The Labute approximate surface area is 210 Å². The molecule has 0 fully saturated rings. The zero-order valence-corrected chi connectivity index (χ0v) is 21.3. The number of ether oxygens (including phenoxy) is 6. The van der Waals surface area contributed by atoms with Gasteiger partial charge in [0.2, 0.25) is 0 Å². The number of carbonyl (C=O) groups is 4. The molecule has 0 spiro atoms. The zero-order chi connectivity index (χ0) is 24.5. The van der Waals surface area contributed by atoms with E-state index in [1.54, 1.807) is 0 Å². The molecule has 0 aliphatic heterocycles. The van der Waals surface area contributed by atoms with Crippen LogP contribution in [0.4, 0.5) is 0 Å². The Morgan fingerprint density at radius 2 is 0.719 bits per heavy atom. The largest absolute Gasteiger partial charge is 0.463 e. The number of hydrogen-bond acceptors (Lipinski definition) is 14. The van der Waals surface area contributed by atoms with E-state index in [0.717, 1.165) is 0 Å². The summed E-state index contributed by atoms with van der Waals surface area (Å²) < 4.78 is 29.1. The molecule has 0 rings (SSSR count). The SMILES string of the molecule is O=C(CCS)OCCOCCOC(=O)CCS.O=C(CS)OCCOCCOC(=O)CS. The molecule has 0 aliphatic carbocycles. The van der Waals surface area contributed by atoms with Gasteiger partial charge in [-0.25, -0.2) is 0 Å². The van der Waals surface area contributed by atoms with Crippen LogP contribution >= 0.6 is 50.5 Å². The Kier molecular flexibility index (Phi) is 27.6. The number of esters is 4. The molecule has 0 N–H and O–H groups in total. The molecule has 0 aliphatic rings. The van der Waals surface area contributed by atoms with Crippen LogP contribution in [0, 0.1) is 0 Å². The van der Waals surface area contributed by atoms with Crippen LogP contribution in [0.1, 0.15) is 12.8 Å². The van der Waals surface area contributed by atoms with Gasteiger partial charge in [0.25, 0.3) is 0 Å². The monoisotopic (exact) mass is 536 g/mol. The molecule has 10 nitrogen and oxygen atoms in total. The minimum absolute atomic E-state index is 0.0551. The molecule has 0 bridgehead atoms. The highest BCUT2D eigenvalue weighted by atomic mass is 32.1. The quantitative estimate of drug-likeness (QED) is 0.0861. The van der Waals surface area contributed by atoms with Crippen LogP contribution in [0.15, 0.2) is 0 Å². The fraction of sp³-hybridized carbons (Fsp3) is 0.778. The van der Waals surface area contributed by atoms with E-state index in [-0.39, 0.29) is 75.0 Å². The van der Waals surface area contributed by atoms with Crippen molar-refractivity contribution >= 4 is 74.4 Å². The van der Waals surface area contributed by atoms with E-state index in [9.17, 15) is 19.2 Å². The van der Waals surface area contributed by atoms with Gasteiger partial charge in [-0.2, -0.15) is 50.5 Å². The van der Waals surface area contributed by atoms with Crippen molar-refractivity contribution in [3.8, 4) is 0 Å². The third-order valence-electron chi connectivity index (χ3n) is 2.85. The van der Waals surface area contributed by atoms with Gasteiger partial charge in [-0.05, 0) is 0 Å². The van der Waals surface area contributed by atoms with Gasteiger partial charge in [-0.3, -0.25) is 19.2 Å². The van der Waals surface area contributed by atoms with E-state index in [4.69, 9.17) is 18.9 Å². The Bertz CT molecular complexity index is 466. The zero-order valence-electron chi connectivity index (χ0n) is 17.8. The Hall–Kier alpha value is -0.800.